The number of pyridine rings is 1. The van der Waals surface area contributed by atoms with Crippen molar-refractivity contribution in [2.45, 2.75) is 20.8 Å². The SMILES string of the molecule is Cc1cc(-n2c(C)cc(C=O)c2C)ccn1. The molecule has 0 aromatic carbocycles. The molecule has 0 unspecified atom stereocenters. The Morgan fingerprint density at radius 1 is 1.25 bits per heavy atom. The van der Waals surface area contributed by atoms with Gasteiger partial charge in [-0.15, -0.1) is 0 Å². The van der Waals surface area contributed by atoms with Gasteiger partial charge in [-0.2, -0.15) is 0 Å². The summed E-state index contributed by atoms with van der Waals surface area (Å²) in [4.78, 5) is 15.0. The van der Waals surface area contributed by atoms with Gasteiger partial charge in [0.15, 0.2) is 6.29 Å². The lowest BCUT2D eigenvalue weighted by molar-refractivity contribution is 0.112. The Morgan fingerprint density at radius 3 is 2.56 bits per heavy atom. The van der Waals surface area contributed by atoms with Crippen molar-refractivity contribution in [3.05, 3.63) is 47.0 Å². The van der Waals surface area contributed by atoms with Gasteiger partial charge in [-0.1, -0.05) is 0 Å². The van der Waals surface area contributed by atoms with E-state index in [4.69, 9.17) is 0 Å². The maximum atomic E-state index is 10.9. The maximum absolute atomic E-state index is 10.9. The highest BCUT2D eigenvalue weighted by Gasteiger charge is 2.09. The van der Waals surface area contributed by atoms with Crippen molar-refractivity contribution >= 4 is 6.29 Å². The third-order valence-electron chi connectivity index (χ3n) is 2.74. The molecule has 82 valence electrons. The van der Waals surface area contributed by atoms with E-state index in [0.717, 1.165) is 34.6 Å². The zero-order valence-corrected chi connectivity index (χ0v) is 9.69. The first-order valence-electron chi connectivity index (χ1n) is 5.20. The lowest BCUT2D eigenvalue weighted by Crippen LogP contribution is -2.00. The highest BCUT2D eigenvalue weighted by Crippen LogP contribution is 2.19. The largest absolute Gasteiger partial charge is 0.318 e. The summed E-state index contributed by atoms with van der Waals surface area (Å²) in [6.07, 6.45) is 2.68. The number of nitrogens with zero attached hydrogens (tertiary/aromatic N) is 2. The van der Waals surface area contributed by atoms with Crippen molar-refractivity contribution in [2.24, 2.45) is 0 Å². The van der Waals surface area contributed by atoms with E-state index in [9.17, 15) is 4.79 Å². The number of hydrogen-bond acceptors (Lipinski definition) is 2. The quantitative estimate of drug-likeness (QED) is 0.720. The molecule has 0 bridgehead atoms. The minimum Gasteiger partial charge on any atom is -0.318 e. The van der Waals surface area contributed by atoms with Crippen molar-refractivity contribution in [2.75, 3.05) is 0 Å². The number of aromatic nitrogens is 2. The number of carbonyl (C=O) groups excluding carboxylic acids is 1. The van der Waals surface area contributed by atoms with Gasteiger partial charge >= 0.3 is 0 Å². The fourth-order valence-electron chi connectivity index (χ4n) is 1.97. The molecule has 0 radical (unpaired) electrons. The van der Waals surface area contributed by atoms with Gasteiger partial charge < -0.3 is 4.57 Å². The monoisotopic (exact) mass is 214 g/mol. The van der Waals surface area contributed by atoms with Gasteiger partial charge in [-0.3, -0.25) is 9.78 Å². The van der Waals surface area contributed by atoms with Crippen LogP contribution < -0.4 is 0 Å². The van der Waals surface area contributed by atoms with Crippen molar-refractivity contribution in [1.82, 2.24) is 9.55 Å². The molecule has 0 aliphatic heterocycles. The normalized spacial score (nSPS) is 10.4. The smallest absolute Gasteiger partial charge is 0.151 e. The molecule has 0 spiro atoms. The second-order valence-electron chi connectivity index (χ2n) is 3.94. The summed E-state index contributed by atoms with van der Waals surface area (Å²) in [5.74, 6) is 0. The van der Waals surface area contributed by atoms with Gasteiger partial charge in [0.1, 0.15) is 0 Å². The van der Waals surface area contributed by atoms with Crippen LogP contribution in [-0.4, -0.2) is 15.8 Å². The van der Waals surface area contributed by atoms with Crippen LogP contribution in [-0.2, 0) is 0 Å². The first kappa shape index (κ1) is 10.6. The van der Waals surface area contributed by atoms with E-state index in [1.54, 1.807) is 6.20 Å². The zero-order valence-electron chi connectivity index (χ0n) is 9.69. The van der Waals surface area contributed by atoms with Gasteiger partial charge in [0.2, 0.25) is 0 Å². The molecule has 0 saturated heterocycles. The zero-order chi connectivity index (χ0) is 11.7. The van der Waals surface area contributed by atoms with E-state index in [0.29, 0.717) is 0 Å². The standard InChI is InChI=1S/C13H14N2O/c1-9-6-13(4-5-14-9)15-10(2)7-12(8-16)11(15)3/h4-8H,1-3H3. The summed E-state index contributed by atoms with van der Waals surface area (Å²) in [6.45, 7) is 5.90. The molecule has 0 fully saturated rings. The molecule has 3 heteroatoms. The molecule has 0 N–H and O–H groups in total. The molecule has 0 aliphatic rings. The number of rotatable bonds is 2. The highest BCUT2D eigenvalue weighted by molar-refractivity contribution is 5.77. The average molecular weight is 214 g/mol. The Bertz CT molecular complexity index is 541. The molecule has 2 rings (SSSR count). The Balaban J connectivity index is 2.64. The Morgan fingerprint density at radius 2 is 2.00 bits per heavy atom. The van der Waals surface area contributed by atoms with Gasteiger partial charge in [-0.05, 0) is 39.0 Å². The number of hydrogen-bond donors (Lipinski definition) is 0. The van der Waals surface area contributed by atoms with E-state index >= 15 is 0 Å². The van der Waals surface area contributed by atoms with E-state index < -0.39 is 0 Å². The van der Waals surface area contributed by atoms with E-state index in [2.05, 4.69) is 9.55 Å². The van der Waals surface area contributed by atoms with Crippen LogP contribution in [0.25, 0.3) is 5.69 Å². The summed E-state index contributed by atoms with van der Waals surface area (Å²) >= 11 is 0. The summed E-state index contributed by atoms with van der Waals surface area (Å²) in [5, 5.41) is 0. The van der Waals surface area contributed by atoms with Crippen LogP contribution in [0, 0.1) is 20.8 Å². The molecule has 0 aliphatic carbocycles. The predicted octanol–water partition coefficient (Wildman–Crippen LogP) is 2.61. The molecule has 2 heterocycles. The van der Waals surface area contributed by atoms with Gasteiger partial charge in [-0.25, -0.2) is 0 Å². The lowest BCUT2D eigenvalue weighted by atomic mass is 10.3. The van der Waals surface area contributed by atoms with E-state index in [1.807, 2.05) is 39.0 Å². The molecule has 0 amide bonds. The van der Waals surface area contributed by atoms with Crippen LogP contribution in [0.1, 0.15) is 27.4 Å². The van der Waals surface area contributed by atoms with Crippen LogP contribution in [0.15, 0.2) is 24.4 Å². The number of aldehydes is 1. The van der Waals surface area contributed by atoms with Crippen LogP contribution >= 0.6 is 0 Å². The predicted molar refractivity (Wildman–Crippen MR) is 63.2 cm³/mol. The summed E-state index contributed by atoms with van der Waals surface area (Å²) in [7, 11) is 0. The number of aryl methyl sites for hydroxylation is 2. The third kappa shape index (κ3) is 1.65. The van der Waals surface area contributed by atoms with Gasteiger partial charge in [0.25, 0.3) is 0 Å². The van der Waals surface area contributed by atoms with Crippen molar-refractivity contribution in [3.63, 3.8) is 0 Å². The van der Waals surface area contributed by atoms with Crippen LogP contribution in [0.2, 0.25) is 0 Å². The summed E-state index contributed by atoms with van der Waals surface area (Å²) < 4.78 is 2.07. The van der Waals surface area contributed by atoms with Gasteiger partial charge in [0, 0.05) is 34.5 Å². The van der Waals surface area contributed by atoms with Crippen molar-refractivity contribution in [3.8, 4) is 5.69 Å². The molecule has 16 heavy (non-hydrogen) atoms. The first-order valence-corrected chi connectivity index (χ1v) is 5.20. The summed E-state index contributed by atoms with van der Waals surface area (Å²) in [6, 6.07) is 5.86. The van der Waals surface area contributed by atoms with Gasteiger partial charge in [0.05, 0.1) is 0 Å². The lowest BCUT2D eigenvalue weighted by Gasteiger charge is -2.09. The van der Waals surface area contributed by atoms with Crippen LogP contribution in [0.5, 0.6) is 0 Å². The van der Waals surface area contributed by atoms with Crippen LogP contribution in [0.4, 0.5) is 0 Å². The fraction of sp³-hybridized carbons (Fsp3) is 0.231. The number of carbonyl (C=O) groups is 1. The molecular weight excluding hydrogens is 200 g/mol. The molecule has 2 aromatic heterocycles. The maximum Gasteiger partial charge on any atom is 0.151 e. The van der Waals surface area contributed by atoms with Crippen molar-refractivity contribution in [1.29, 1.82) is 0 Å². The summed E-state index contributed by atoms with van der Waals surface area (Å²) in [5.41, 5.74) is 4.79. The van der Waals surface area contributed by atoms with Crippen molar-refractivity contribution < 1.29 is 4.79 Å². The molecule has 2 aromatic rings. The van der Waals surface area contributed by atoms with Crippen LogP contribution in [0.3, 0.4) is 0 Å². The molecular formula is C13H14N2O. The highest BCUT2D eigenvalue weighted by atomic mass is 16.1. The Hall–Kier alpha value is -1.90. The van der Waals surface area contributed by atoms with E-state index in [1.165, 1.54) is 0 Å². The minimum absolute atomic E-state index is 0.743. The molecule has 0 saturated carbocycles. The third-order valence-corrected chi connectivity index (χ3v) is 2.74. The minimum atomic E-state index is 0.743. The fourth-order valence-corrected chi connectivity index (χ4v) is 1.97. The molecule has 3 nitrogen and oxygen atoms in total. The molecule has 0 atom stereocenters. The Labute approximate surface area is 94.7 Å². The topological polar surface area (TPSA) is 34.9 Å². The average Bonchev–Trinajstić information content (AvgIpc) is 2.53. The van der Waals surface area contributed by atoms with E-state index in [-0.39, 0.29) is 0 Å². The second-order valence-corrected chi connectivity index (χ2v) is 3.94. The first-order chi connectivity index (χ1) is 7.63. The Kier molecular flexibility index (Phi) is 2.60. The second kappa shape index (κ2) is 3.93.